The molecule has 25 heavy (non-hydrogen) atoms. The number of nitrogens with zero attached hydrogens (tertiary/aromatic N) is 2. The van der Waals surface area contributed by atoms with Gasteiger partial charge in [0.25, 0.3) is 0 Å². The quantitative estimate of drug-likeness (QED) is 0.892. The number of nitrogens with two attached hydrogens (primary N) is 1. The fourth-order valence-electron chi connectivity index (χ4n) is 3.73. The van der Waals surface area contributed by atoms with Crippen LogP contribution in [-0.2, 0) is 9.59 Å². The Morgan fingerprint density at radius 1 is 1.08 bits per heavy atom. The summed E-state index contributed by atoms with van der Waals surface area (Å²) in [6, 6.07) is 10.1. The highest BCUT2D eigenvalue weighted by molar-refractivity contribution is 5.85. The lowest BCUT2D eigenvalue weighted by Crippen LogP contribution is -2.43. The zero-order chi connectivity index (χ0) is 16.9. The van der Waals surface area contributed by atoms with Crippen LogP contribution in [0.25, 0.3) is 0 Å². The lowest BCUT2D eigenvalue weighted by atomic mass is 9.95. The van der Waals surface area contributed by atoms with Crippen LogP contribution in [0.2, 0.25) is 0 Å². The summed E-state index contributed by atoms with van der Waals surface area (Å²) in [5.41, 5.74) is 7.45. The lowest BCUT2D eigenvalue weighted by molar-refractivity contribution is -0.140. The Hall–Kier alpha value is -1.59. The molecule has 0 saturated carbocycles. The van der Waals surface area contributed by atoms with Crippen molar-refractivity contribution in [3.05, 3.63) is 35.9 Å². The molecule has 2 N–H and O–H groups in total. The number of carbonyl (C=O) groups is 2. The first-order valence-corrected chi connectivity index (χ1v) is 9.01. The normalized spacial score (nSPS) is 24.4. The second kappa shape index (κ2) is 9.20. The Morgan fingerprint density at radius 2 is 1.80 bits per heavy atom. The summed E-state index contributed by atoms with van der Waals surface area (Å²) in [5.74, 6) is 0.321. The van der Waals surface area contributed by atoms with E-state index in [1.165, 1.54) is 5.56 Å². The van der Waals surface area contributed by atoms with Crippen LogP contribution < -0.4 is 5.73 Å². The molecule has 5 nitrogen and oxygen atoms in total. The first-order valence-electron chi connectivity index (χ1n) is 9.01. The molecular formula is C19H28ClN3O2. The van der Waals surface area contributed by atoms with Crippen LogP contribution in [0.5, 0.6) is 0 Å². The van der Waals surface area contributed by atoms with E-state index in [2.05, 4.69) is 12.1 Å². The average molecular weight is 366 g/mol. The monoisotopic (exact) mass is 365 g/mol. The molecule has 0 aromatic heterocycles. The first-order chi connectivity index (χ1) is 11.6. The Bertz CT molecular complexity index is 581. The molecule has 1 aromatic carbocycles. The second-order valence-corrected chi connectivity index (χ2v) is 6.96. The van der Waals surface area contributed by atoms with Gasteiger partial charge < -0.3 is 15.5 Å². The van der Waals surface area contributed by atoms with Crippen LogP contribution in [-0.4, -0.2) is 53.8 Å². The number of halogens is 1. The van der Waals surface area contributed by atoms with E-state index in [-0.39, 0.29) is 42.7 Å². The third kappa shape index (κ3) is 4.95. The number of benzene rings is 1. The van der Waals surface area contributed by atoms with Crippen molar-refractivity contribution in [3.8, 4) is 0 Å². The van der Waals surface area contributed by atoms with Crippen LogP contribution in [0.3, 0.4) is 0 Å². The maximum absolute atomic E-state index is 12.7. The van der Waals surface area contributed by atoms with Crippen LogP contribution in [0.4, 0.5) is 0 Å². The Kier molecular flexibility index (Phi) is 7.26. The zero-order valence-corrected chi connectivity index (χ0v) is 15.4. The maximum Gasteiger partial charge on any atom is 0.242 e. The third-order valence-electron chi connectivity index (χ3n) is 5.19. The van der Waals surface area contributed by atoms with Gasteiger partial charge in [-0.2, -0.15) is 0 Å². The minimum Gasteiger partial charge on any atom is -0.339 e. The smallest absolute Gasteiger partial charge is 0.242 e. The first kappa shape index (κ1) is 19.7. The Balaban J connectivity index is 0.00000225. The van der Waals surface area contributed by atoms with Gasteiger partial charge in [0.15, 0.2) is 0 Å². The molecule has 1 aromatic rings. The van der Waals surface area contributed by atoms with Gasteiger partial charge in [-0.15, -0.1) is 12.4 Å². The van der Waals surface area contributed by atoms with Gasteiger partial charge in [0, 0.05) is 38.0 Å². The molecule has 0 unspecified atom stereocenters. The van der Waals surface area contributed by atoms with Gasteiger partial charge >= 0.3 is 0 Å². The molecule has 2 aliphatic heterocycles. The molecule has 2 heterocycles. The van der Waals surface area contributed by atoms with E-state index in [9.17, 15) is 9.59 Å². The van der Waals surface area contributed by atoms with E-state index in [0.717, 1.165) is 25.7 Å². The van der Waals surface area contributed by atoms with Gasteiger partial charge in [-0.3, -0.25) is 9.59 Å². The van der Waals surface area contributed by atoms with Crippen molar-refractivity contribution < 1.29 is 9.59 Å². The lowest BCUT2D eigenvalue weighted by Gasteiger charge is -2.26. The molecule has 3 rings (SSSR count). The Labute approximate surface area is 155 Å². The number of hydrogen-bond acceptors (Lipinski definition) is 3. The van der Waals surface area contributed by atoms with Crippen molar-refractivity contribution in [1.82, 2.24) is 9.80 Å². The van der Waals surface area contributed by atoms with E-state index in [1.807, 2.05) is 23.1 Å². The zero-order valence-electron chi connectivity index (χ0n) is 14.6. The van der Waals surface area contributed by atoms with Gasteiger partial charge in [-0.25, -0.2) is 0 Å². The SMILES string of the molecule is Cl.N[C@@H]1CN(C(=O)CN2CCCCCCC2=O)C[C@H]1c1ccccc1. The van der Waals surface area contributed by atoms with Crippen LogP contribution in [0.15, 0.2) is 30.3 Å². The van der Waals surface area contributed by atoms with Gasteiger partial charge in [0.05, 0.1) is 6.54 Å². The summed E-state index contributed by atoms with van der Waals surface area (Å²) in [6.07, 6.45) is 4.76. The standard InChI is InChI=1S/C19H27N3O2.ClH/c20-17-13-22(12-16(17)15-8-4-3-5-9-15)19(24)14-21-11-7-2-1-6-10-18(21)23;/h3-5,8-9,16-17H,1-2,6-7,10-14,20H2;1H/t16-,17+;/m0./s1. The molecule has 2 aliphatic rings. The van der Waals surface area contributed by atoms with Crippen LogP contribution in [0, 0.1) is 0 Å². The largest absolute Gasteiger partial charge is 0.339 e. The molecule has 138 valence electrons. The summed E-state index contributed by atoms with van der Waals surface area (Å²) in [7, 11) is 0. The van der Waals surface area contributed by atoms with Gasteiger partial charge in [0.2, 0.25) is 11.8 Å². The predicted octanol–water partition coefficient (Wildman–Crippen LogP) is 2.15. The van der Waals surface area contributed by atoms with Crippen LogP contribution in [0.1, 0.15) is 43.6 Å². The van der Waals surface area contributed by atoms with Gasteiger partial charge in [-0.1, -0.05) is 43.2 Å². The summed E-state index contributed by atoms with van der Waals surface area (Å²) >= 11 is 0. The number of amides is 2. The van der Waals surface area contributed by atoms with E-state index in [1.54, 1.807) is 4.90 Å². The number of hydrogen-bond donors (Lipinski definition) is 1. The minimum atomic E-state index is -0.0422. The molecule has 0 spiro atoms. The van der Waals surface area contributed by atoms with Crippen molar-refractivity contribution in [2.45, 2.75) is 44.1 Å². The molecule has 2 fully saturated rings. The fraction of sp³-hybridized carbons (Fsp3) is 0.579. The molecule has 2 saturated heterocycles. The van der Waals surface area contributed by atoms with E-state index < -0.39 is 0 Å². The van der Waals surface area contributed by atoms with E-state index in [0.29, 0.717) is 26.1 Å². The third-order valence-corrected chi connectivity index (χ3v) is 5.19. The Morgan fingerprint density at radius 3 is 2.56 bits per heavy atom. The highest BCUT2D eigenvalue weighted by atomic mass is 35.5. The summed E-state index contributed by atoms with van der Waals surface area (Å²) in [5, 5.41) is 0. The number of rotatable bonds is 3. The summed E-state index contributed by atoms with van der Waals surface area (Å²) < 4.78 is 0. The molecule has 2 amide bonds. The predicted molar refractivity (Wildman–Crippen MR) is 101 cm³/mol. The molecule has 2 atom stereocenters. The molecular weight excluding hydrogens is 338 g/mol. The van der Waals surface area contributed by atoms with Crippen molar-refractivity contribution in [1.29, 1.82) is 0 Å². The highest BCUT2D eigenvalue weighted by Gasteiger charge is 2.34. The minimum absolute atomic E-state index is 0. The van der Waals surface area contributed by atoms with Gasteiger partial charge in [-0.05, 0) is 18.4 Å². The van der Waals surface area contributed by atoms with Gasteiger partial charge in [0.1, 0.15) is 0 Å². The summed E-state index contributed by atoms with van der Waals surface area (Å²) in [4.78, 5) is 28.4. The highest BCUT2D eigenvalue weighted by Crippen LogP contribution is 2.26. The maximum atomic E-state index is 12.7. The molecule has 0 radical (unpaired) electrons. The average Bonchev–Trinajstić information content (AvgIpc) is 2.97. The van der Waals surface area contributed by atoms with E-state index >= 15 is 0 Å². The molecule has 6 heteroatoms. The van der Waals surface area contributed by atoms with E-state index in [4.69, 9.17) is 5.73 Å². The molecule has 0 aliphatic carbocycles. The fourth-order valence-corrected chi connectivity index (χ4v) is 3.73. The number of likely N-dealkylation sites (tertiary alicyclic amines) is 2. The van der Waals surface area contributed by atoms with Crippen molar-refractivity contribution in [2.75, 3.05) is 26.2 Å². The van der Waals surface area contributed by atoms with Crippen LogP contribution >= 0.6 is 12.4 Å². The van der Waals surface area contributed by atoms with Crippen molar-refractivity contribution in [2.24, 2.45) is 5.73 Å². The molecule has 0 bridgehead atoms. The van der Waals surface area contributed by atoms with Crippen molar-refractivity contribution in [3.63, 3.8) is 0 Å². The number of carbonyl (C=O) groups excluding carboxylic acids is 2. The summed E-state index contributed by atoms with van der Waals surface area (Å²) in [6.45, 7) is 2.12. The second-order valence-electron chi connectivity index (χ2n) is 6.96. The topological polar surface area (TPSA) is 66.6 Å². The van der Waals surface area contributed by atoms with Crippen molar-refractivity contribution >= 4 is 24.2 Å².